The Balaban J connectivity index is 1.55. The zero-order chi connectivity index (χ0) is 26.5. The molecule has 1 spiro atoms. The summed E-state index contributed by atoms with van der Waals surface area (Å²) in [6, 6.07) is 13.3. The molecule has 0 aromatic heterocycles. The van der Waals surface area contributed by atoms with Gasteiger partial charge < -0.3 is 20.6 Å². The van der Waals surface area contributed by atoms with E-state index in [2.05, 4.69) is 17.6 Å². The molecule has 2 aromatic rings. The number of carbonyl (C=O) groups is 3. The number of para-hydroxylation sites is 2. The number of likely N-dealkylation sites (tertiary alicyclic amines) is 1. The summed E-state index contributed by atoms with van der Waals surface area (Å²) < 4.78 is -0.776. The van der Waals surface area contributed by atoms with Crippen molar-refractivity contribution in [3.63, 3.8) is 0 Å². The molecule has 3 saturated heterocycles. The molecule has 3 fully saturated rings. The Bertz CT molecular complexity index is 1200. The standard InChI is InChI=1S/C28H32ClN3O4S/c1-4-18(14-33)32-24(26(35)31-23-15(2)9-8-12-19(23)29)28-16(3)13-20(37-28)21(22(28)27(32)36)25(34)30-17-10-6-5-7-11-17/h5-12,16,18,20-22,24,33H,4,13-14H2,1-3H3,(H,30,34)(H,31,35)/t16?,18-,20+,21-,22-,24?,28?/m0/s1. The third-order valence-electron chi connectivity index (χ3n) is 8.32. The van der Waals surface area contributed by atoms with Crippen LogP contribution >= 0.6 is 23.4 Å². The Kier molecular flexibility index (Phi) is 7.02. The van der Waals surface area contributed by atoms with E-state index in [1.54, 1.807) is 22.7 Å². The van der Waals surface area contributed by atoms with E-state index in [0.29, 0.717) is 22.8 Å². The van der Waals surface area contributed by atoms with E-state index in [0.717, 1.165) is 12.0 Å². The molecule has 37 heavy (non-hydrogen) atoms. The number of aliphatic hydroxyl groups excluding tert-OH is 1. The van der Waals surface area contributed by atoms with Gasteiger partial charge >= 0.3 is 0 Å². The largest absolute Gasteiger partial charge is 0.394 e. The first-order chi connectivity index (χ1) is 17.7. The number of hydrogen-bond acceptors (Lipinski definition) is 5. The Morgan fingerprint density at radius 3 is 2.54 bits per heavy atom. The van der Waals surface area contributed by atoms with Gasteiger partial charge in [-0.05, 0) is 49.4 Å². The summed E-state index contributed by atoms with van der Waals surface area (Å²) >= 11 is 8.03. The number of aryl methyl sites for hydroxylation is 1. The van der Waals surface area contributed by atoms with Crippen molar-refractivity contribution < 1.29 is 19.5 Å². The first kappa shape index (κ1) is 26.1. The predicted molar refractivity (Wildman–Crippen MR) is 147 cm³/mol. The highest BCUT2D eigenvalue weighted by molar-refractivity contribution is 8.02. The summed E-state index contributed by atoms with van der Waals surface area (Å²) in [5.74, 6) is -1.95. The molecule has 3 N–H and O–H groups in total. The molecule has 3 unspecified atom stereocenters. The lowest BCUT2D eigenvalue weighted by Crippen LogP contribution is -2.57. The second-order valence-corrected chi connectivity index (χ2v) is 12.3. The molecule has 7 nitrogen and oxygen atoms in total. The van der Waals surface area contributed by atoms with Crippen molar-refractivity contribution >= 4 is 52.5 Å². The Hall–Kier alpha value is -2.55. The molecule has 7 atom stereocenters. The number of halogens is 1. The third kappa shape index (κ3) is 4.04. The number of nitrogens with one attached hydrogen (secondary N) is 2. The van der Waals surface area contributed by atoms with Crippen molar-refractivity contribution in [3.8, 4) is 0 Å². The van der Waals surface area contributed by atoms with E-state index in [9.17, 15) is 19.5 Å². The van der Waals surface area contributed by atoms with Crippen LogP contribution in [-0.4, -0.2) is 56.4 Å². The van der Waals surface area contributed by atoms with Crippen LogP contribution in [0, 0.1) is 24.7 Å². The van der Waals surface area contributed by atoms with Crippen LogP contribution in [0.3, 0.4) is 0 Å². The molecule has 2 aromatic carbocycles. The normalized spacial score (nSPS) is 30.8. The number of aliphatic hydroxyl groups is 1. The zero-order valence-electron chi connectivity index (χ0n) is 21.1. The van der Waals surface area contributed by atoms with Gasteiger partial charge in [-0.15, -0.1) is 11.8 Å². The maximum Gasteiger partial charge on any atom is 0.248 e. The van der Waals surface area contributed by atoms with Crippen LogP contribution in [0.2, 0.25) is 5.02 Å². The Labute approximate surface area is 226 Å². The highest BCUT2D eigenvalue weighted by Gasteiger charge is 2.76. The summed E-state index contributed by atoms with van der Waals surface area (Å²) in [6.07, 6.45) is 1.23. The van der Waals surface area contributed by atoms with Gasteiger partial charge in [-0.2, -0.15) is 0 Å². The lowest BCUT2D eigenvalue weighted by molar-refractivity contribution is -0.141. The summed E-state index contributed by atoms with van der Waals surface area (Å²) in [5.41, 5.74) is 2.01. The molecule has 9 heteroatoms. The van der Waals surface area contributed by atoms with Gasteiger partial charge in [-0.25, -0.2) is 0 Å². The summed E-state index contributed by atoms with van der Waals surface area (Å²) in [6.45, 7) is 5.57. The molecule has 3 heterocycles. The fourth-order valence-electron chi connectivity index (χ4n) is 6.59. The van der Waals surface area contributed by atoms with Crippen LogP contribution in [0.1, 0.15) is 32.3 Å². The molecule has 5 rings (SSSR count). The number of hydrogen-bond donors (Lipinski definition) is 3. The van der Waals surface area contributed by atoms with Gasteiger partial charge in [-0.3, -0.25) is 14.4 Å². The quantitative estimate of drug-likeness (QED) is 0.484. The number of fused-ring (bicyclic) bond motifs is 1. The lowest BCUT2D eigenvalue weighted by Gasteiger charge is -2.40. The van der Waals surface area contributed by atoms with Crippen LogP contribution in [0.5, 0.6) is 0 Å². The molecule has 2 bridgehead atoms. The molecule has 0 aliphatic carbocycles. The molecule has 3 aliphatic heterocycles. The number of nitrogens with zero attached hydrogens (tertiary/aromatic N) is 1. The fraction of sp³-hybridized carbons (Fsp3) is 0.464. The van der Waals surface area contributed by atoms with Crippen molar-refractivity contribution in [2.24, 2.45) is 17.8 Å². The van der Waals surface area contributed by atoms with Crippen LogP contribution in [0.4, 0.5) is 11.4 Å². The van der Waals surface area contributed by atoms with Crippen LogP contribution in [0.25, 0.3) is 0 Å². The van der Waals surface area contributed by atoms with E-state index in [1.165, 1.54) is 0 Å². The van der Waals surface area contributed by atoms with Crippen LogP contribution in [0.15, 0.2) is 48.5 Å². The second-order valence-electron chi connectivity index (χ2n) is 10.3. The van der Waals surface area contributed by atoms with Crippen molar-refractivity contribution in [2.75, 3.05) is 17.2 Å². The van der Waals surface area contributed by atoms with Crippen molar-refractivity contribution in [1.29, 1.82) is 0 Å². The maximum absolute atomic E-state index is 14.2. The van der Waals surface area contributed by atoms with Crippen LogP contribution in [-0.2, 0) is 14.4 Å². The Morgan fingerprint density at radius 1 is 1.16 bits per heavy atom. The number of carbonyl (C=O) groups excluding carboxylic acids is 3. The fourth-order valence-corrected chi connectivity index (χ4v) is 9.27. The smallest absolute Gasteiger partial charge is 0.248 e. The first-order valence-corrected chi connectivity index (χ1v) is 14.0. The van der Waals surface area contributed by atoms with E-state index >= 15 is 0 Å². The number of benzene rings is 2. The van der Waals surface area contributed by atoms with E-state index in [1.807, 2.05) is 56.3 Å². The van der Waals surface area contributed by atoms with Crippen LogP contribution < -0.4 is 10.6 Å². The molecule has 3 amide bonds. The summed E-state index contributed by atoms with van der Waals surface area (Å²) in [5, 5.41) is 16.6. The van der Waals surface area contributed by atoms with Gasteiger partial charge in [0, 0.05) is 10.9 Å². The average molecular weight is 542 g/mol. The molecule has 0 saturated carbocycles. The van der Waals surface area contributed by atoms with E-state index < -0.39 is 28.7 Å². The van der Waals surface area contributed by atoms with Gasteiger partial charge in [0.15, 0.2) is 0 Å². The number of amides is 3. The zero-order valence-corrected chi connectivity index (χ0v) is 22.7. The maximum atomic E-state index is 14.2. The van der Waals surface area contributed by atoms with Crippen molar-refractivity contribution in [1.82, 2.24) is 4.90 Å². The van der Waals surface area contributed by atoms with E-state index in [4.69, 9.17) is 11.6 Å². The average Bonchev–Trinajstić information content (AvgIpc) is 3.47. The molecule has 196 valence electrons. The third-order valence-corrected chi connectivity index (χ3v) is 10.7. The van der Waals surface area contributed by atoms with Crippen molar-refractivity contribution in [2.45, 2.75) is 55.7 Å². The second kappa shape index (κ2) is 9.97. The van der Waals surface area contributed by atoms with Gasteiger partial charge in [0.1, 0.15) is 6.04 Å². The monoisotopic (exact) mass is 541 g/mol. The van der Waals surface area contributed by atoms with E-state index in [-0.39, 0.29) is 35.5 Å². The topological polar surface area (TPSA) is 98.7 Å². The van der Waals surface area contributed by atoms with Gasteiger partial charge in [0.2, 0.25) is 17.7 Å². The minimum Gasteiger partial charge on any atom is -0.394 e. The summed E-state index contributed by atoms with van der Waals surface area (Å²) in [7, 11) is 0. The van der Waals surface area contributed by atoms with Gasteiger partial charge in [0.25, 0.3) is 0 Å². The SMILES string of the molecule is CC[C@@H](CO)N1C(=O)[C@@H]2[C@@H](C(=O)Nc3ccccc3)[C@H]3CC(C)C2(S3)C1C(=O)Nc1c(C)cccc1Cl. The number of thioether (sulfide) groups is 1. The lowest BCUT2D eigenvalue weighted by atomic mass is 9.66. The minimum absolute atomic E-state index is 0.0292. The highest BCUT2D eigenvalue weighted by Crippen LogP contribution is 2.69. The molecule has 0 radical (unpaired) electrons. The minimum atomic E-state index is -0.836. The summed E-state index contributed by atoms with van der Waals surface area (Å²) in [4.78, 5) is 43.4. The predicted octanol–water partition coefficient (Wildman–Crippen LogP) is 4.33. The van der Waals surface area contributed by atoms with Gasteiger partial charge in [-0.1, -0.05) is 55.8 Å². The van der Waals surface area contributed by atoms with Gasteiger partial charge in [0.05, 0.1) is 39.9 Å². The Morgan fingerprint density at radius 2 is 1.89 bits per heavy atom. The highest BCUT2D eigenvalue weighted by atomic mass is 35.5. The molecule has 3 aliphatic rings. The van der Waals surface area contributed by atoms with Crippen molar-refractivity contribution in [3.05, 3.63) is 59.1 Å². The molecular weight excluding hydrogens is 510 g/mol. The first-order valence-electron chi connectivity index (χ1n) is 12.8. The molecular formula is C28H32ClN3O4S. The number of rotatable bonds is 7. The number of anilines is 2.